The maximum absolute atomic E-state index is 12.8. The molecule has 1 amide bonds. The summed E-state index contributed by atoms with van der Waals surface area (Å²) < 4.78 is 2.12. The number of nitrogens with zero attached hydrogens (tertiary/aromatic N) is 4. The Hall–Kier alpha value is -2.63. The monoisotopic (exact) mass is 467 g/mol. The summed E-state index contributed by atoms with van der Waals surface area (Å²) >= 11 is 3.08. The van der Waals surface area contributed by atoms with Gasteiger partial charge in [0.2, 0.25) is 5.91 Å². The van der Waals surface area contributed by atoms with Gasteiger partial charge in [0.1, 0.15) is 11.4 Å². The molecule has 2 heterocycles. The van der Waals surface area contributed by atoms with Crippen LogP contribution in [0.5, 0.6) is 0 Å². The van der Waals surface area contributed by atoms with E-state index in [0.717, 1.165) is 23.9 Å². The van der Waals surface area contributed by atoms with E-state index in [1.54, 1.807) is 18.3 Å². The summed E-state index contributed by atoms with van der Waals surface area (Å²) in [5.41, 5.74) is 0.337. The first-order valence-corrected chi connectivity index (χ1v) is 12.5. The fourth-order valence-corrected chi connectivity index (χ4v) is 4.68. The SMILES string of the molecule is CC(Sc1nnc(Cc2cccs2)n1CCc1ccccc1)C(=O)NC(C)(C#N)C(C)C. The van der Waals surface area contributed by atoms with Crippen LogP contribution in [0.3, 0.4) is 0 Å². The minimum atomic E-state index is -0.906. The van der Waals surface area contributed by atoms with Gasteiger partial charge < -0.3 is 9.88 Å². The number of aromatic nitrogens is 3. The average molecular weight is 468 g/mol. The van der Waals surface area contributed by atoms with Crippen molar-refractivity contribution in [2.45, 2.75) is 63.0 Å². The number of nitrogens with one attached hydrogen (secondary N) is 1. The van der Waals surface area contributed by atoms with Gasteiger partial charge in [0.25, 0.3) is 0 Å². The molecule has 0 saturated carbocycles. The second kappa shape index (κ2) is 10.8. The van der Waals surface area contributed by atoms with Crippen molar-refractivity contribution >= 4 is 29.0 Å². The highest BCUT2D eigenvalue weighted by atomic mass is 32.2. The molecule has 0 aliphatic rings. The molecule has 6 nitrogen and oxygen atoms in total. The normalized spacial score (nSPS) is 14.0. The number of nitriles is 1. The predicted octanol–water partition coefficient (Wildman–Crippen LogP) is 4.71. The molecule has 2 atom stereocenters. The summed E-state index contributed by atoms with van der Waals surface area (Å²) in [4.78, 5) is 14.1. The van der Waals surface area contributed by atoms with E-state index in [1.807, 2.05) is 45.0 Å². The van der Waals surface area contributed by atoms with Crippen molar-refractivity contribution in [1.29, 1.82) is 5.26 Å². The molecule has 168 valence electrons. The van der Waals surface area contributed by atoms with Crippen LogP contribution in [0.2, 0.25) is 0 Å². The number of rotatable bonds is 10. The highest BCUT2D eigenvalue weighted by Gasteiger charge is 2.32. The number of amides is 1. The fourth-order valence-electron chi connectivity index (χ4n) is 3.09. The van der Waals surface area contributed by atoms with Crippen molar-refractivity contribution in [3.63, 3.8) is 0 Å². The van der Waals surface area contributed by atoms with E-state index >= 15 is 0 Å². The predicted molar refractivity (Wildman–Crippen MR) is 130 cm³/mol. The molecular formula is C24H29N5OS2. The first kappa shape index (κ1) is 24.0. The Bertz CT molecular complexity index is 1060. The molecule has 0 radical (unpaired) electrons. The lowest BCUT2D eigenvalue weighted by atomic mass is 9.90. The summed E-state index contributed by atoms with van der Waals surface area (Å²) in [6.45, 7) is 8.19. The van der Waals surface area contributed by atoms with Gasteiger partial charge >= 0.3 is 0 Å². The van der Waals surface area contributed by atoms with Gasteiger partial charge in [-0.3, -0.25) is 4.79 Å². The number of carbonyl (C=O) groups excluding carboxylic acids is 1. The number of hydrogen-bond acceptors (Lipinski definition) is 6. The van der Waals surface area contributed by atoms with Crippen LogP contribution >= 0.6 is 23.1 Å². The third-order valence-corrected chi connectivity index (χ3v) is 7.55. The third kappa shape index (κ3) is 5.99. The second-order valence-corrected chi connectivity index (χ2v) is 10.6. The number of thiophene rings is 1. The Morgan fingerprint density at radius 1 is 1.22 bits per heavy atom. The van der Waals surface area contributed by atoms with Gasteiger partial charge in [0.05, 0.1) is 11.3 Å². The molecule has 0 saturated heterocycles. The van der Waals surface area contributed by atoms with Crippen LogP contribution in [0.25, 0.3) is 0 Å². The van der Waals surface area contributed by atoms with Crippen LogP contribution < -0.4 is 5.32 Å². The van der Waals surface area contributed by atoms with Crippen LogP contribution in [0.1, 0.15) is 44.0 Å². The van der Waals surface area contributed by atoms with Gasteiger partial charge in [-0.1, -0.05) is 62.0 Å². The van der Waals surface area contributed by atoms with E-state index in [9.17, 15) is 10.1 Å². The van der Waals surface area contributed by atoms with Crippen LogP contribution in [-0.2, 0) is 24.2 Å². The third-order valence-electron chi connectivity index (χ3n) is 5.59. The summed E-state index contributed by atoms with van der Waals surface area (Å²) in [5.74, 6) is 0.716. The maximum atomic E-state index is 12.8. The number of hydrogen-bond donors (Lipinski definition) is 1. The molecule has 0 fully saturated rings. The zero-order chi connectivity index (χ0) is 23.1. The number of carbonyl (C=O) groups is 1. The molecule has 32 heavy (non-hydrogen) atoms. The van der Waals surface area contributed by atoms with E-state index < -0.39 is 10.8 Å². The van der Waals surface area contributed by atoms with Crippen molar-refractivity contribution < 1.29 is 4.79 Å². The van der Waals surface area contributed by atoms with Crippen molar-refractivity contribution in [3.8, 4) is 6.07 Å². The lowest BCUT2D eigenvalue weighted by Crippen LogP contribution is -2.51. The van der Waals surface area contributed by atoms with Gasteiger partial charge in [0.15, 0.2) is 5.16 Å². The first-order valence-electron chi connectivity index (χ1n) is 10.7. The molecular weight excluding hydrogens is 438 g/mol. The first-order chi connectivity index (χ1) is 15.3. The summed E-state index contributed by atoms with van der Waals surface area (Å²) in [7, 11) is 0. The molecule has 8 heteroatoms. The molecule has 0 aliphatic heterocycles. The highest BCUT2D eigenvalue weighted by Crippen LogP contribution is 2.26. The standard InChI is InChI=1S/C24H29N5OS2/c1-17(2)24(4,16-25)26-22(30)18(3)32-23-28-27-21(15-20-11-8-14-31-20)29(23)13-12-19-9-6-5-7-10-19/h5-11,14,17-18H,12-13,15H2,1-4H3,(H,26,30). The van der Waals surface area contributed by atoms with E-state index in [1.165, 1.54) is 22.2 Å². The molecule has 3 rings (SSSR count). The Balaban J connectivity index is 1.77. The Morgan fingerprint density at radius 2 is 1.97 bits per heavy atom. The molecule has 3 aromatic rings. The molecule has 0 bridgehead atoms. The van der Waals surface area contributed by atoms with Crippen molar-refractivity contribution in [2.75, 3.05) is 0 Å². The molecule has 1 aromatic carbocycles. The van der Waals surface area contributed by atoms with Crippen LogP contribution in [-0.4, -0.2) is 31.5 Å². The molecule has 0 aliphatic carbocycles. The van der Waals surface area contributed by atoms with E-state index in [2.05, 4.69) is 49.7 Å². The quantitative estimate of drug-likeness (QED) is 0.437. The van der Waals surface area contributed by atoms with Gasteiger partial charge in [-0.2, -0.15) is 5.26 Å². The summed E-state index contributed by atoms with van der Waals surface area (Å²) in [6, 6.07) is 16.7. The van der Waals surface area contributed by atoms with E-state index in [4.69, 9.17) is 0 Å². The zero-order valence-electron chi connectivity index (χ0n) is 18.9. The van der Waals surface area contributed by atoms with Crippen LogP contribution in [0.15, 0.2) is 53.0 Å². The Morgan fingerprint density at radius 3 is 2.59 bits per heavy atom. The smallest absolute Gasteiger partial charge is 0.234 e. The number of benzene rings is 1. The van der Waals surface area contributed by atoms with Crippen LogP contribution in [0, 0.1) is 17.2 Å². The molecule has 0 spiro atoms. The van der Waals surface area contributed by atoms with Gasteiger partial charge in [-0.15, -0.1) is 21.5 Å². The minimum absolute atomic E-state index is 0.000531. The van der Waals surface area contributed by atoms with E-state index in [-0.39, 0.29) is 11.8 Å². The van der Waals surface area contributed by atoms with E-state index in [0.29, 0.717) is 6.42 Å². The number of aryl methyl sites for hydroxylation is 1. The van der Waals surface area contributed by atoms with Crippen LogP contribution in [0.4, 0.5) is 0 Å². The topological polar surface area (TPSA) is 83.6 Å². The zero-order valence-corrected chi connectivity index (χ0v) is 20.5. The second-order valence-electron chi connectivity index (χ2n) is 8.26. The molecule has 1 N–H and O–H groups in total. The lowest BCUT2D eigenvalue weighted by Gasteiger charge is -2.28. The molecule has 2 unspecified atom stereocenters. The van der Waals surface area contributed by atoms with Crippen molar-refractivity contribution in [2.24, 2.45) is 5.92 Å². The molecule has 2 aromatic heterocycles. The van der Waals surface area contributed by atoms with Gasteiger partial charge in [0, 0.05) is 17.8 Å². The maximum Gasteiger partial charge on any atom is 0.234 e. The highest BCUT2D eigenvalue weighted by molar-refractivity contribution is 8.00. The Kier molecular flexibility index (Phi) is 8.10. The average Bonchev–Trinajstić information content (AvgIpc) is 3.43. The fraction of sp³-hybridized carbons (Fsp3) is 0.417. The summed E-state index contributed by atoms with van der Waals surface area (Å²) in [5, 5.41) is 23.7. The van der Waals surface area contributed by atoms with Crippen molar-refractivity contribution in [1.82, 2.24) is 20.1 Å². The minimum Gasteiger partial charge on any atom is -0.337 e. The lowest BCUT2D eigenvalue weighted by molar-refractivity contribution is -0.121. The van der Waals surface area contributed by atoms with Gasteiger partial charge in [-0.25, -0.2) is 0 Å². The summed E-state index contributed by atoms with van der Waals surface area (Å²) in [6.07, 6.45) is 1.56. The van der Waals surface area contributed by atoms with Gasteiger partial charge in [-0.05, 0) is 43.2 Å². The largest absolute Gasteiger partial charge is 0.337 e. The Labute approximate surface area is 198 Å². The number of thioether (sulfide) groups is 1. The van der Waals surface area contributed by atoms with Crippen molar-refractivity contribution in [3.05, 3.63) is 64.1 Å².